The van der Waals surface area contributed by atoms with E-state index in [0.29, 0.717) is 12.2 Å². The third-order valence-corrected chi connectivity index (χ3v) is 4.76. The predicted octanol–water partition coefficient (Wildman–Crippen LogP) is 4.30. The Morgan fingerprint density at radius 3 is 2.59 bits per heavy atom. The Hall–Kier alpha value is -0.410. The van der Waals surface area contributed by atoms with Crippen LogP contribution in [0.4, 0.5) is 4.39 Å². The van der Waals surface area contributed by atoms with Crippen molar-refractivity contribution in [2.24, 2.45) is 5.41 Å². The highest BCUT2D eigenvalue weighted by molar-refractivity contribution is 9.09. The van der Waals surface area contributed by atoms with Gasteiger partial charge in [-0.05, 0) is 18.9 Å². The van der Waals surface area contributed by atoms with E-state index in [2.05, 4.69) is 15.9 Å². The number of hydrogen-bond donors (Lipinski definition) is 0. The Bertz CT molecular complexity index is 361. The van der Waals surface area contributed by atoms with E-state index >= 15 is 0 Å². The van der Waals surface area contributed by atoms with E-state index in [0.717, 1.165) is 11.9 Å². The van der Waals surface area contributed by atoms with Gasteiger partial charge in [-0.3, -0.25) is 0 Å². The molecule has 1 fully saturated rings. The quantitative estimate of drug-likeness (QED) is 0.737. The fraction of sp³-hybridized carbons (Fsp3) is 0.571. The van der Waals surface area contributed by atoms with Crippen molar-refractivity contribution in [1.82, 2.24) is 0 Å². The summed E-state index contributed by atoms with van der Waals surface area (Å²) in [6, 6.07) is 6.81. The third-order valence-electron chi connectivity index (χ3n) is 3.57. The smallest absolute Gasteiger partial charge is 0.128 e. The molecule has 0 amide bonds. The van der Waals surface area contributed by atoms with Crippen LogP contribution in [0.25, 0.3) is 0 Å². The molecule has 0 unspecified atom stereocenters. The van der Waals surface area contributed by atoms with E-state index < -0.39 is 0 Å². The maximum Gasteiger partial charge on any atom is 0.128 e. The Kier molecular flexibility index (Phi) is 4.57. The number of halogens is 2. The van der Waals surface area contributed by atoms with Crippen LogP contribution in [0.2, 0.25) is 0 Å². The van der Waals surface area contributed by atoms with Crippen molar-refractivity contribution >= 4 is 15.9 Å². The standard InChI is InChI=1S/C14H18BrFO/c15-10-14(7-3-4-8-14)11-17-9-12-5-1-2-6-13(12)16/h1-2,5-6H,3-4,7-11H2. The molecule has 1 aliphatic rings. The van der Waals surface area contributed by atoms with Gasteiger partial charge in [0.2, 0.25) is 0 Å². The largest absolute Gasteiger partial charge is 0.376 e. The van der Waals surface area contributed by atoms with Gasteiger partial charge in [0, 0.05) is 16.3 Å². The molecule has 1 aromatic rings. The Morgan fingerprint density at radius 2 is 1.94 bits per heavy atom. The Balaban J connectivity index is 1.85. The molecular weight excluding hydrogens is 283 g/mol. The molecule has 0 atom stereocenters. The number of ether oxygens (including phenoxy) is 1. The number of hydrogen-bond acceptors (Lipinski definition) is 1. The number of rotatable bonds is 5. The maximum atomic E-state index is 13.4. The minimum atomic E-state index is -0.174. The van der Waals surface area contributed by atoms with Gasteiger partial charge >= 0.3 is 0 Å². The molecular formula is C14H18BrFO. The lowest BCUT2D eigenvalue weighted by molar-refractivity contribution is 0.0473. The van der Waals surface area contributed by atoms with Crippen LogP contribution in [0, 0.1) is 11.2 Å². The summed E-state index contributed by atoms with van der Waals surface area (Å²) >= 11 is 3.58. The topological polar surface area (TPSA) is 9.23 Å². The van der Waals surface area contributed by atoms with Crippen LogP contribution >= 0.6 is 15.9 Å². The summed E-state index contributed by atoms with van der Waals surface area (Å²) in [5.41, 5.74) is 0.931. The highest BCUT2D eigenvalue weighted by atomic mass is 79.9. The van der Waals surface area contributed by atoms with Crippen molar-refractivity contribution in [2.75, 3.05) is 11.9 Å². The number of benzene rings is 1. The van der Waals surface area contributed by atoms with Crippen LogP contribution in [-0.4, -0.2) is 11.9 Å². The highest BCUT2D eigenvalue weighted by Crippen LogP contribution is 2.39. The van der Waals surface area contributed by atoms with Gasteiger partial charge < -0.3 is 4.74 Å². The van der Waals surface area contributed by atoms with Crippen molar-refractivity contribution in [2.45, 2.75) is 32.3 Å². The van der Waals surface area contributed by atoms with Gasteiger partial charge in [0.25, 0.3) is 0 Å². The lowest BCUT2D eigenvalue weighted by atomic mass is 9.90. The minimum absolute atomic E-state index is 0.174. The minimum Gasteiger partial charge on any atom is -0.376 e. The van der Waals surface area contributed by atoms with Gasteiger partial charge in [0.1, 0.15) is 5.82 Å². The summed E-state index contributed by atoms with van der Waals surface area (Å²) in [4.78, 5) is 0. The van der Waals surface area contributed by atoms with Gasteiger partial charge in [0.15, 0.2) is 0 Å². The monoisotopic (exact) mass is 300 g/mol. The molecule has 0 bridgehead atoms. The van der Waals surface area contributed by atoms with E-state index in [1.807, 2.05) is 6.07 Å². The van der Waals surface area contributed by atoms with E-state index in [4.69, 9.17) is 4.74 Å². The summed E-state index contributed by atoms with van der Waals surface area (Å²) in [5, 5.41) is 0.983. The highest BCUT2D eigenvalue weighted by Gasteiger charge is 2.32. The fourth-order valence-corrected chi connectivity index (χ4v) is 3.16. The molecule has 17 heavy (non-hydrogen) atoms. The second kappa shape index (κ2) is 5.96. The zero-order valence-electron chi connectivity index (χ0n) is 9.92. The molecule has 0 spiro atoms. The van der Waals surface area contributed by atoms with Crippen molar-refractivity contribution in [3.8, 4) is 0 Å². The molecule has 0 aromatic heterocycles. The summed E-state index contributed by atoms with van der Waals surface area (Å²) in [6.45, 7) is 1.11. The molecule has 0 heterocycles. The van der Waals surface area contributed by atoms with Crippen molar-refractivity contribution in [3.63, 3.8) is 0 Å². The normalized spacial score (nSPS) is 18.5. The van der Waals surface area contributed by atoms with E-state index in [1.165, 1.54) is 31.7 Å². The predicted molar refractivity (Wildman–Crippen MR) is 70.8 cm³/mol. The Morgan fingerprint density at radius 1 is 1.24 bits per heavy atom. The first-order valence-electron chi connectivity index (χ1n) is 6.13. The van der Waals surface area contributed by atoms with Crippen molar-refractivity contribution in [1.29, 1.82) is 0 Å². The van der Waals surface area contributed by atoms with E-state index in [-0.39, 0.29) is 11.2 Å². The molecule has 1 aromatic carbocycles. The Labute approximate surface area is 110 Å². The summed E-state index contributed by atoms with van der Waals surface area (Å²) in [6.07, 6.45) is 5.01. The first-order valence-corrected chi connectivity index (χ1v) is 7.25. The average Bonchev–Trinajstić information content (AvgIpc) is 2.81. The lowest BCUT2D eigenvalue weighted by Gasteiger charge is -2.26. The van der Waals surface area contributed by atoms with Gasteiger partial charge in [-0.2, -0.15) is 0 Å². The number of alkyl halides is 1. The van der Waals surface area contributed by atoms with Gasteiger partial charge in [-0.25, -0.2) is 4.39 Å². The molecule has 1 aliphatic carbocycles. The van der Waals surface area contributed by atoms with Crippen LogP contribution in [0.1, 0.15) is 31.2 Å². The third kappa shape index (κ3) is 3.29. The first-order chi connectivity index (χ1) is 8.26. The van der Waals surface area contributed by atoms with Crippen molar-refractivity contribution < 1.29 is 9.13 Å². The molecule has 0 aliphatic heterocycles. The van der Waals surface area contributed by atoms with Gasteiger partial charge in [-0.15, -0.1) is 0 Å². The summed E-state index contributed by atoms with van der Waals surface area (Å²) < 4.78 is 19.1. The van der Waals surface area contributed by atoms with Gasteiger partial charge in [0.05, 0.1) is 13.2 Å². The van der Waals surface area contributed by atoms with E-state index in [1.54, 1.807) is 12.1 Å². The molecule has 3 heteroatoms. The van der Waals surface area contributed by atoms with E-state index in [9.17, 15) is 4.39 Å². The molecule has 2 rings (SSSR count). The lowest BCUT2D eigenvalue weighted by Crippen LogP contribution is -2.25. The zero-order chi connectivity index (χ0) is 12.1. The maximum absolute atomic E-state index is 13.4. The second-order valence-corrected chi connectivity index (χ2v) is 5.49. The molecule has 1 saturated carbocycles. The van der Waals surface area contributed by atoms with Crippen molar-refractivity contribution in [3.05, 3.63) is 35.6 Å². The van der Waals surface area contributed by atoms with Crippen LogP contribution in [0.3, 0.4) is 0 Å². The first kappa shape index (κ1) is 13.0. The molecule has 94 valence electrons. The zero-order valence-corrected chi connectivity index (χ0v) is 11.5. The fourth-order valence-electron chi connectivity index (χ4n) is 2.43. The van der Waals surface area contributed by atoms with Crippen LogP contribution in [0.15, 0.2) is 24.3 Å². The summed E-state index contributed by atoms with van der Waals surface area (Å²) in [5.74, 6) is -0.174. The van der Waals surface area contributed by atoms with Crippen LogP contribution in [0.5, 0.6) is 0 Å². The molecule has 0 N–H and O–H groups in total. The second-order valence-electron chi connectivity index (χ2n) is 4.92. The van der Waals surface area contributed by atoms with Gasteiger partial charge in [-0.1, -0.05) is 47.0 Å². The molecule has 1 nitrogen and oxygen atoms in total. The molecule has 0 radical (unpaired) electrons. The molecule has 0 saturated heterocycles. The van der Waals surface area contributed by atoms with Crippen LogP contribution in [-0.2, 0) is 11.3 Å². The average molecular weight is 301 g/mol. The van der Waals surface area contributed by atoms with Crippen LogP contribution < -0.4 is 0 Å². The summed E-state index contributed by atoms with van der Waals surface area (Å²) in [7, 11) is 0. The SMILES string of the molecule is Fc1ccccc1COCC1(CBr)CCCC1.